The molecule has 0 aliphatic carbocycles. The molecule has 1 aromatic carbocycles. The molecule has 3 N–H and O–H groups in total. The minimum absolute atomic E-state index is 0.571. The predicted octanol–water partition coefficient (Wildman–Crippen LogP) is 2.49. The number of rotatable bonds is 2. The molecule has 5 nitrogen and oxygen atoms in total. The van der Waals surface area contributed by atoms with Crippen molar-refractivity contribution < 1.29 is 9.47 Å². The van der Waals surface area contributed by atoms with E-state index in [-0.39, 0.29) is 0 Å². The normalized spacial score (nSPS) is 13.1. The van der Waals surface area contributed by atoms with Crippen LogP contribution in [0.5, 0.6) is 11.5 Å². The third-order valence-electron chi connectivity index (χ3n) is 2.87. The van der Waals surface area contributed by atoms with Gasteiger partial charge in [0.2, 0.25) is 0 Å². The molecule has 3 rings (SSSR count). The summed E-state index contributed by atoms with van der Waals surface area (Å²) in [6.45, 7) is 3.09. The smallest absolute Gasteiger partial charge is 0.163 e. The number of nitrogen functional groups attached to an aromatic ring is 1. The van der Waals surface area contributed by atoms with Crippen LogP contribution in [0.3, 0.4) is 0 Å². The molecule has 0 saturated carbocycles. The van der Waals surface area contributed by atoms with Crippen molar-refractivity contribution >= 4 is 17.2 Å². The molecule has 0 atom stereocenters. The summed E-state index contributed by atoms with van der Waals surface area (Å²) in [5.74, 6) is 2.15. The van der Waals surface area contributed by atoms with Crippen molar-refractivity contribution in [1.29, 1.82) is 0 Å². The van der Waals surface area contributed by atoms with Crippen molar-refractivity contribution in [3.63, 3.8) is 0 Å². The molecule has 0 saturated heterocycles. The number of aryl methyl sites for hydroxylation is 1. The molecule has 2 aromatic rings. The molecule has 19 heavy (non-hydrogen) atoms. The fourth-order valence-electron chi connectivity index (χ4n) is 1.93. The van der Waals surface area contributed by atoms with Crippen LogP contribution in [0.2, 0.25) is 0 Å². The molecule has 0 bridgehead atoms. The molecule has 5 heteroatoms. The Morgan fingerprint density at radius 1 is 1.11 bits per heavy atom. The summed E-state index contributed by atoms with van der Waals surface area (Å²) in [6, 6.07) is 9.39. The number of hydrogen-bond acceptors (Lipinski definition) is 5. The molecule has 0 fully saturated rings. The first-order valence-corrected chi connectivity index (χ1v) is 6.12. The number of aromatic nitrogens is 1. The van der Waals surface area contributed by atoms with Crippen molar-refractivity contribution in [2.45, 2.75) is 6.92 Å². The molecule has 1 aliphatic rings. The molecule has 0 spiro atoms. The maximum atomic E-state index is 5.89. The fraction of sp³-hybridized carbons (Fsp3) is 0.214. The lowest BCUT2D eigenvalue weighted by Crippen LogP contribution is -2.15. The molecule has 1 aromatic heterocycles. The van der Waals surface area contributed by atoms with Gasteiger partial charge in [0.05, 0.1) is 5.69 Å². The highest BCUT2D eigenvalue weighted by Crippen LogP contribution is 2.34. The summed E-state index contributed by atoms with van der Waals surface area (Å²) in [6.07, 6.45) is 0. The zero-order chi connectivity index (χ0) is 13.2. The fourth-order valence-corrected chi connectivity index (χ4v) is 1.93. The number of anilines is 3. The van der Waals surface area contributed by atoms with E-state index in [4.69, 9.17) is 15.2 Å². The Hall–Kier alpha value is -2.43. The molecular formula is C14H15N3O2. The van der Waals surface area contributed by atoms with E-state index in [0.29, 0.717) is 24.7 Å². The van der Waals surface area contributed by atoms with Gasteiger partial charge >= 0.3 is 0 Å². The summed E-state index contributed by atoms with van der Waals surface area (Å²) >= 11 is 0. The van der Waals surface area contributed by atoms with Crippen LogP contribution < -0.4 is 20.5 Å². The molecule has 98 valence electrons. The van der Waals surface area contributed by atoms with Gasteiger partial charge in [-0.2, -0.15) is 0 Å². The molecule has 0 unspecified atom stereocenters. The standard InChI is InChI=1S/C14H15N3O2/c1-9-2-4-11(15)14(16-9)17-10-3-5-12-13(8-10)19-7-6-18-12/h2-5,8H,6-7,15H2,1H3,(H,16,17). The highest BCUT2D eigenvalue weighted by molar-refractivity contribution is 5.70. The Morgan fingerprint density at radius 3 is 2.74 bits per heavy atom. The van der Waals surface area contributed by atoms with Gasteiger partial charge in [-0.15, -0.1) is 0 Å². The minimum atomic E-state index is 0.571. The zero-order valence-electron chi connectivity index (χ0n) is 10.6. The maximum absolute atomic E-state index is 5.89. The monoisotopic (exact) mass is 257 g/mol. The summed E-state index contributed by atoms with van der Waals surface area (Å²) in [7, 11) is 0. The van der Waals surface area contributed by atoms with E-state index in [1.807, 2.05) is 37.3 Å². The van der Waals surface area contributed by atoms with Crippen molar-refractivity contribution in [2.75, 3.05) is 24.3 Å². The largest absolute Gasteiger partial charge is 0.486 e. The van der Waals surface area contributed by atoms with Crippen LogP contribution in [0.15, 0.2) is 30.3 Å². The molecule has 1 aliphatic heterocycles. The number of nitrogens with one attached hydrogen (secondary N) is 1. The minimum Gasteiger partial charge on any atom is -0.486 e. The van der Waals surface area contributed by atoms with Gasteiger partial charge in [-0.25, -0.2) is 4.98 Å². The quantitative estimate of drug-likeness (QED) is 0.865. The van der Waals surface area contributed by atoms with Crippen LogP contribution >= 0.6 is 0 Å². The van der Waals surface area contributed by atoms with Crippen molar-refractivity contribution in [1.82, 2.24) is 4.98 Å². The number of fused-ring (bicyclic) bond motifs is 1. The van der Waals surface area contributed by atoms with E-state index in [0.717, 1.165) is 22.9 Å². The van der Waals surface area contributed by atoms with Gasteiger partial charge in [-0.1, -0.05) is 0 Å². The van der Waals surface area contributed by atoms with E-state index < -0.39 is 0 Å². The van der Waals surface area contributed by atoms with Crippen LogP contribution in [0.1, 0.15) is 5.69 Å². The molecule has 2 heterocycles. The summed E-state index contributed by atoms with van der Waals surface area (Å²) in [5.41, 5.74) is 8.29. The topological polar surface area (TPSA) is 69.4 Å². The van der Waals surface area contributed by atoms with E-state index in [9.17, 15) is 0 Å². The van der Waals surface area contributed by atoms with Crippen LogP contribution in [-0.2, 0) is 0 Å². The third kappa shape index (κ3) is 2.40. The highest BCUT2D eigenvalue weighted by atomic mass is 16.6. The zero-order valence-corrected chi connectivity index (χ0v) is 10.6. The lowest BCUT2D eigenvalue weighted by atomic mass is 10.2. The first kappa shape index (κ1) is 11.6. The van der Waals surface area contributed by atoms with Gasteiger partial charge in [0.15, 0.2) is 17.3 Å². The number of nitrogens with two attached hydrogens (primary N) is 1. The SMILES string of the molecule is Cc1ccc(N)c(Nc2ccc3c(c2)OCCO3)n1. The second-order valence-electron chi connectivity index (χ2n) is 4.37. The average Bonchev–Trinajstić information content (AvgIpc) is 2.43. The Bertz CT molecular complexity index is 614. The van der Waals surface area contributed by atoms with Crippen LogP contribution in [0.4, 0.5) is 17.2 Å². The summed E-state index contributed by atoms with van der Waals surface area (Å²) < 4.78 is 11.0. The Morgan fingerprint density at radius 2 is 1.89 bits per heavy atom. The maximum Gasteiger partial charge on any atom is 0.163 e. The van der Waals surface area contributed by atoms with E-state index in [1.165, 1.54) is 0 Å². The van der Waals surface area contributed by atoms with Crippen molar-refractivity contribution in [2.24, 2.45) is 0 Å². The predicted molar refractivity (Wildman–Crippen MR) is 74.1 cm³/mol. The van der Waals surface area contributed by atoms with Gasteiger partial charge in [0.1, 0.15) is 13.2 Å². The van der Waals surface area contributed by atoms with Crippen LogP contribution in [0.25, 0.3) is 0 Å². The number of benzene rings is 1. The van der Waals surface area contributed by atoms with Gasteiger partial charge in [0, 0.05) is 17.4 Å². The van der Waals surface area contributed by atoms with E-state index in [1.54, 1.807) is 0 Å². The summed E-state index contributed by atoms with van der Waals surface area (Å²) in [5, 5.41) is 3.19. The Labute approximate surface area is 111 Å². The highest BCUT2D eigenvalue weighted by Gasteiger charge is 2.12. The lowest BCUT2D eigenvalue weighted by Gasteiger charge is -2.19. The second kappa shape index (κ2) is 4.68. The van der Waals surface area contributed by atoms with E-state index >= 15 is 0 Å². The molecular weight excluding hydrogens is 242 g/mol. The van der Waals surface area contributed by atoms with Gasteiger partial charge in [-0.05, 0) is 31.2 Å². The van der Waals surface area contributed by atoms with E-state index in [2.05, 4.69) is 10.3 Å². The van der Waals surface area contributed by atoms with Gasteiger partial charge < -0.3 is 20.5 Å². The number of hydrogen-bond donors (Lipinski definition) is 2. The Balaban J connectivity index is 1.89. The van der Waals surface area contributed by atoms with Crippen LogP contribution in [0, 0.1) is 6.92 Å². The first-order valence-electron chi connectivity index (χ1n) is 6.12. The van der Waals surface area contributed by atoms with Crippen molar-refractivity contribution in [3.8, 4) is 11.5 Å². The first-order chi connectivity index (χ1) is 9.22. The van der Waals surface area contributed by atoms with Crippen LogP contribution in [-0.4, -0.2) is 18.2 Å². The number of nitrogens with zero attached hydrogens (tertiary/aromatic N) is 1. The number of pyridine rings is 1. The van der Waals surface area contributed by atoms with Crippen molar-refractivity contribution in [3.05, 3.63) is 36.0 Å². The average molecular weight is 257 g/mol. The lowest BCUT2D eigenvalue weighted by molar-refractivity contribution is 0.171. The molecule has 0 radical (unpaired) electrons. The Kier molecular flexibility index (Phi) is 2.87. The third-order valence-corrected chi connectivity index (χ3v) is 2.87. The molecule has 0 amide bonds. The number of ether oxygens (including phenoxy) is 2. The van der Waals surface area contributed by atoms with Gasteiger partial charge in [0.25, 0.3) is 0 Å². The van der Waals surface area contributed by atoms with Gasteiger partial charge in [-0.3, -0.25) is 0 Å². The summed E-state index contributed by atoms with van der Waals surface area (Å²) in [4.78, 5) is 4.37. The second-order valence-corrected chi connectivity index (χ2v) is 4.37.